The van der Waals surface area contributed by atoms with E-state index in [4.69, 9.17) is 0 Å². The Balaban J connectivity index is 3.28. The molecule has 0 atom stereocenters. The zero-order valence-electron chi connectivity index (χ0n) is 11.3. The van der Waals surface area contributed by atoms with Gasteiger partial charge < -0.3 is 4.79 Å². The van der Waals surface area contributed by atoms with Crippen LogP contribution >= 0.6 is 0 Å². The lowest BCUT2D eigenvalue weighted by Crippen LogP contribution is -1.89. The number of rotatable bonds is 10. The third-order valence-corrected chi connectivity index (χ3v) is 2.90. The predicted molar refractivity (Wildman–Crippen MR) is 71.7 cm³/mol. The van der Waals surface area contributed by atoms with Gasteiger partial charge >= 0.3 is 0 Å². The SMILES string of the molecule is CCCCC(C)=CCCCCCCC(C)=O. The maximum atomic E-state index is 10.7. The molecule has 0 fully saturated rings. The standard InChI is InChI=1S/C15H28O/c1-4-5-11-14(2)12-9-7-6-8-10-13-15(3)16/h12H,4-11,13H2,1-3H3. The number of carbonyl (C=O) groups excluding carboxylic acids is 1. The molecule has 0 aliphatic heterocycles. The van der Waals surface area contributed by atoms with Gasteiger partial charge in [-0.3, -0.25) is 0 Å². The molecule has 16 heavy (non-hydrogen) atoms. The molecule has 0 saturated heterocycles. The summed E-state index contributed by atoms with van der Waals surface area (Å²) < 4.78 is 0. The monoisotopic (exact) mass is 224 g/mol. The molecule has 0 heterocycles. The van der Waals surface area contributed by atoms with Gasteiger partial charge in [0.15, 0.2) is 0 Å². The highest BCUT2D eigenvalue weighted by molar-refractivity contribution is 5.75. The molecule has 0 radical (unpaired) electrons. The molecular formula is C15H28O. The zero-order chi connectivity index (χ0) is 12.2. The van der Waals surface area contributed by atoms with Gasteiger partial charge in [0.2, 0.25) is 0 Å². The molecule has 1 heteroatoms. The van der Waals surface area contributed by atoms with Crippen molar-refractivity contribution in [2.45, 2.75) is 78.6 Å². The van der Waals surface area contributed by atoms with E-state index in [1.165, 1.54) is 44.9 Å². The van der Waals surface area contributed by atoms with E-state index >= 15 is 0 Å². The van der Waals surface area contributed by atoms with Crippen molar-refractivity contribution in [2.24, 2.45) is 0 Å². The largest absolute Gasteiger partial charge is 0.300 e. The van der Waals surface area contributed by atoms with Crippen LogP contribution < -0.4 is 0 Å². The van der Waals surface area contributed by atoms with Gasteiger partial charge in [-0.1, -0.05) is 37.8 Å². The van der Waals surface area contributed by atoms with E-state index in [1.54, 1.807) is 12.5 Å². The van der Waals surface area contributed by atoms with Crippen LogP contribution in [0.2, 0.25) is 0 Å². The minimum Gasteiger partial charge on any atom is -0.300 e. The predicted octanol–water partition coefficient (Wildman–Crippen LogP) is 5.05. The summed E-state index contributed by atoms with van der Waals surface area (Å²) in [5.41, 5.74) is 1.55. The van der Waals surface area contributed by atoms with E-state index in [1.807, 2.05) is 0 Å². The first kappa shape index (κ1) is 15.4. The molecule has 0 aliphatic carbocycles. The van der Waals surface area contributed by atoms with Crippen LogP contribution in [0.25, 0.3) is 0 Å². The van der Waals surface area contributed by atoms with Crippen LogP contribution in [0.3, 0.4) is 0 Å². The topological polar surface area (TPSA) is 17.1 Å². The fraction of sp³-hybridized carbons (Fsp3) is 0.800. The highest BCUT2D eigenvalue weighted by Gasteiger charge is 1.94. The quantitative estimate of drug-likeness (QED) is 0.375. The molecule has 0 bridgehead atoms. The Morgan fingerprint density at radius 3 is 2.25 bits per heavy atom. The number of ketones is 1. The Labute approximate surface area is 101 Å². The summed E-state index contributed by atoms with van der Waals surface area (Å²) >= 11 is 0. The lowest BCUT2D eigenvalue weighted by Gasteiger charge is -2.00. The summed E-state index contributed by atoms with van der Waals surface area (Å²) in [6, 6.07) is 0. The average Bonchev–Trinajstić information content (AvgIpc) is 2.24. The van der Waals surface area contributed by atoms with Crippen molar-refractivity contribution in [3.63, 3.8) is 0 Å². The molecule has 0 amide bonds. The number of carbonyl (C=O) groups is 1. The Kier molecular flexibility index (Phi) is 10.5. The minimum atomic E-state index is 0.329. The Morgan fingerprint density at radius 1 is 0.938 bits per heavy atom. The Hall–Kier alpha value is -0.590. The van der Waals surface area contributed by atoms with Crippen molar-refractivity contribution in [2.75, 3.05) is 0 Å². The van der Waals surface area contributed by atoms with Gasteiger partial charge in [-0.2, -0.15) is 0 Å². The fourth-order valence-electron chi connectivity index (χ4n) is 1.78. The molecule has 0 spiro atoms. The third-order valence-electron chi connectivity index (χ3n) is 2.90. The molecule has 0 N–H and O–H groups in total. The van der Waals surface area contributed by atoms with Gasteiger partial charge in [-0.15, -0.1) is 0 Å². The Morgan fingerprint density at radius 2 is 1.62 bits per heavy atom. The van der Waals surface area contributed by atoms with Gasteiger partial charge in [0.25, 0.3) is 0 Å². The van der Waals surface area contributed by atoms with Crippen LogP contribution in [-0.2, 0) is 4.79 Å². The van der Waals surface area contributed by atoms with E-state index in [0.29, 0.717) is 5.78 Å². The normalized spacial score (nSPS) is 11.8. The maximum Gasteiger partial charge on any atom is 0.129 e. The van der Waals surface area contributed by atoms with Crippen LogP contribution in [0.5, 0.6) is 0 Å². The second kappa shape index (κ2) is 10.9. The van der Waals surface area contributed by atoms with E-state index < -0.39 is 0 Å². The summed E-state index contributed by atoms with van der Waals surface area (Å²) in [5.74, 6) is 0.329. The lowest BCUT2D eigenvalue weighted by molar-refractivity contribution is -0.117. The van der Waals surface area contributed by atoms with Crippen LogP contribution in [0, 0.1) is 0 Å². The molecule has 0 rings (SSSR count). The molecule has 0 aromatic rings. The van der Waals surface area contributed by atoms with Gasteiger partial charge in [0, 0.05) is 6.42 Å². The molecule has 0 aliphatic rings. The summed E-state index contributed by atoms with van der Waals surface area (Å²) in [5, 5.41) is 0. The number of allylic oxidation sites excluding steroid dienone is 2. The number of unbranched alkanes of at least 4 members (excludes halogenated alkanes) is 5. The number of hydrogen-bond donors (Lipinski definition) is 0. The van der Waals surface area contributed by atoms with Crippen molar-refractivity contribution in [3.05, 3.63) is 11.6 Å². The van der Waals surface area contributed by atoms with Gasteiger partial charge in [-0.25, -0.2) is 0 Å². The van der Waals surface area contributed by atoms with Crippen molar-refractivity contribution in [1.82, 2.24) is 0 Å². The summed E-state index contributed by atoms with van der Waals surface area (Å²) in [6.07, 6.45) is 13.1. The molecule has 0 saturated carbocycles. The lowest BCUT2D eigenvalue weighted by atomic mass is 10.1. The smallest absolute Gasteiger partial charge is 0.129 e. The number of hydrogen-bond acceptors (Lipinski definition) is 1. The van der Waals surface area contributed by atoms with Gasteiger partial charge in [0.1, 0.15) is 5.78 Å². The maximum absolute atomic E-state index is 10.7. The van der Waals surface area contributed by atoms with Crippen LogP contribution in [-0.4, -0.2) is 5.78 Å². The third kappa shape index (κ3) is 11.5. The van der Waals surface area contributed by atoms with Crippen molar-refractivity contribution in [3.8, 4) is 0 Å². The minimum absolute atomic E-state index is 0.329. The summed E-state index contributed by atoms with van der Waals surface area (Å²) in [7, 11) is 0. The molecular weight excluding hydrogens is 196 g/mol. The number of Topliss-reactive ketones (excluding diaryl/α,β-unsaturated/α-hetero) is 1. The second-order valence-corrected chi connectivity index (χ2v) is 4.81. The Bertz CT molecular complexity index is 203. The van der Waals surface area contributed by atoms with Gasteiger partial charge in [0.05, 0.1) is 0 Å². The van der Waals surface area contributed by atoms with Gasteiger partial charge in [-0.05, 0) is 46.0 Å². The van der Waals surface area contributed by atoms with E-state index in [-0.39, 0.29) is 0 Å². The first-order valence-corrected chi connectivity index (χ1v) is 6.82. The highest BCUT2D eigenvalue weighted by Crippen LogP contribution is 2.10. The van der Waals surface area contributed by atoms with Crippen LogP contribution in [0.15, 0.2) is 11.6 Å². The molecule has 94 valence electrons. The molecule has 1 nitrogen and oxygen atoms in total. The van der Waals surface area contributed by atoms with E-state index in [2.05, 4.69) is 19.9 Å². The van der Waals surface area contributed by atoms with E-state index in [0.717, 1.165) is 12.8 Å². The first-order valence-electron chi connectivity index (χ1n) is 6.82. The van der Waals surface area contributed by atoms with Crippen molar-refractivity contribution in [1.29, 1.82) is 0 Å². The van der Waals surface area contributed by atoms with Crippen molar-refractivity contribution < 1.29 is 4.79 Å². The molecule has 0 unspecified atom stereocenters. The molecule has 0 aromatic carbocycles. The van der Waals surface area contributed by atoms with Crippen molar-refractivity contribution >= 4 is 5.78 Å². The second-order valence-electron chi connectivity index (χ2n) is 4.81. The summed E-state index contributed by atoms with van der Waals surface area (Å²) in [4.78, 5) is 10.7. The fourth-order valence-corrected chi connectivity index (χ4v) is 1.78. The first-order chi connectivity index (χ1) is 7.66. The van der Waals surface area contributed by atoms with Crippen LogP contribution in [0.4, 0.5) is 0 Å². The summed E-state index contributed by atoms with van der Waals surface area (Å²) in [6.45, 7) is 6.16. The zero-order valence-corrected chi connectivity index (χ0v) is 11.3. The highest BCUT2D eigenvalue weighted by atomic mass is 16.1. The molecule has 0 aromatic heterocycles. The van der Waals surface area contributed by atoms with Crippen LogP contribution in [0.1, 0.15) is 78.6 Å². The average molecular weight is 224 g/mol. The van der Waals surface area contributed by atoms with E-state index in [9.17, 15) is 4.79 Å².